The van der Waals surface area contributed by atoms with E-state index in [1.165, 1.54) is 0 Å². The molecule has 0 aliphatic heterocycles. The molecule has 0 bridgehead atoms. The van der Waals surface area contributed by atoms with Gasteiger partial charge in [-0.3, -0.25) is 0 Å². The van der Waals surface area contributed by atoms with E-state index in [0.717, 1.165) is 35.2 Å². The highest BCUT2D eigenvalue weighted by Crippen LogP contribution is 2.22. The van der Waals surface area contributed by atoms with Gasteiger partial charge in [0.15, 0.2) is 0 Å². The molecule has 2 N–H and O–H groups in total. The second-order valence-electron chi connectivity index (χ2n) is 6.93. The lowest BCUT2D eigenvalue weighted by Gasteiger charge is -2.15. The number of aryl methyl sites for hydroxylation is 1. The molecule has 0 spiro atoms. The third-order valence-corrected chi connectivity index (χ3v) is 4.44. The normalized spacial score (nSPS) is 10.8. The topological polar surface area (TPSA) is 62.3 Å². The summed E-state index contributed by atoms with van der Waals surface area (Å²) in [5, 5.41) is 7.35. The largest absolute Gasteiger partial charge is 0.492 e. The molecule has 6 nitrogen and oxygen atoms in total. The molecule has 0 radical (unpaired) electrons. The van der Waals surface area contributed by atoms with Crippen LogP contribution < -0.4 is 15.4 Å². The lowest BCUT2D eigenvalue weighted by atomic mass is 10.2. The monoisotopic (exact) mass is 411 g/mol. The second kappa shape index (κ2) is 10.1. The standard InChI is InChI=1S/C22H26ClN5O/c1-16-25-21(14-22(26-16)27-19-10-8-18(23)9-11-19)24-15-17-6-4-5-7-20(17)29-13-12-28(2)3/h4-11,14H,12-13,15H2,1-3H3,(H2,24,25,26,27). The van der Waals surface area contributed by atoms with Crippen LogP contribution in [0.2, 0.25) is 5.02 Å². The van der Waals surface area contributed by atoms with E-state index in [2.05, 4.69) is 31.6 Å². The number of hydrogen-bond donors (Lipinski definition) is 2. The maximum atomic E-state index is 5.95. The molecule has 0 aliphatic carbocycles. The number of halogens is 1. The average Bonchev–Trinajstić information content (AvgIpc) is 2.68. The van der Waals surface area contributed by atoms with E-state index in [4.69, 9.17) is 16.3 Å². The van der Waals surface area contributed by atoms with Gasteiger partial charge in [0, 0.05) is 35.4 Å². The summed E-state index contributed by atoms with van der Waals surface area (Å²) in [6, 6.07) is 17.4. The average molecular weight is 412 g/mol. The van der Waals surface area contributed by atoms with Gasteiger partial charge in [-0.05, 0) is 51.4 Å². The number of nitrogens with zero attached hydrogens (tertiary/aromatic N) is 3. The fourth-order valence-electron chi connectivity index (χ4n) is 2.72. The molecule has 7 heteroatoms. The van der Waals surface area contributed by atoms with E-state index in [9.17, 15) is 0 Å². The molecule has 0 saturated heterocycles. The summed E-state index contributed by atoms with van der Waals surface area (Å²) in [6.07, 6.45) is 0. The van der Waals surface area contributed by atoms with E-state index < -0.39 is 0 Å². The number of para-hydroxylation sites is 1. The van der Waals surface area contributed by atoms with Crippen LogP contribution in [0.3, 0.4) is 0 Å². The summed E-state index contributed by atoms with van der Waals surface area (Å²) in [5.74, 6) is 3.03. The van der Waals surface area contributed by atoms with Gasteiger partial charge in [-0.15, -0.1) is 0 Å². The maximum Gasteiger partial charge on any atom is 0.136 e. The van der Waals surface area contributed by atoms with Gasteiger partial charge in [0.05, 0.1) is 0 Å². The number of hydrogen-bond acceptors (Lipinski definition) is 6. The fraction of sp³-hybridized carbons (Fsp3) is 0.273. The molecular formula is C22H26ClN5O. The quantitative estimate of drug-likeness (QED) is 0.530. The highest BCUT2D eigenvalue weighted by atomic mass is 35.5. The van der Waals surface area contributed by atoms with Crippen molar-refractivity contribution in [2.75, 3.05) is 37.9 Å². The number of anilines is 3. The van der Waals surface area contributed by atoms with Crippen LogP contribution in [0.1, 0.15) is 11.4 Å². The molecule has 1 heterocycles. The van der Waals surface area contributed by atoms with Gasteiger partial charge >= 0.3 is 0 Å². The van der Waals surface area contributed by atoms with Crippen molar-refractivity contribution in [3.8, 4) is 5.75 Å². The third-order valence-electron chi connectivity index (χ3n) is 4.18. The van der Waals surface area contributed by atoms with E-state index in [1.807, 2.05) is 69.6 Å². The molecule has 0 atom stereocenters. The maximum absolute atomic E-state index is 5.95. The van der Waals surface area contributed by atoms with E-state index in [1.54, 1.807) is 0 Å². The smallest absolute Gasteiger partial charge is 0.136 e. The molecular weight excluding hydrogens is 386 g/mol. The van der Waals surface area contributed by atoms with Gasteiger partial charge in [-0.25, -0.2) is 9.97 Å². The van der Waals surface area contributed by atoms with Crippen molar-refractivity contribution >= 4 is 28.9 Å². The van der Waals surface area contributed by atoms with Crippen molar-refractivity contribution in [1.82, 2.24) is 14.9 Å². The summed E-state index contributed by atoms with van der Waals surface area (Å²) in [6.45, 7) is 3.99. The Labute approximate surface area is 176 Å². The molecule has 3 aromatic rings. The Morgan fingerprint density at radius 2 is 1.72 bits per heavy atom. The Morgan fingerprint density at radius 3 is 2.48 bits per heavy atom. The van der Waals surface area contributed by atoms with Crippen LogP contribution in [0.5, 0.6) is 5.75 Å². The van der Waals surface area contributed by atoms with Crippen LogP contribution in [0.15, 0.2) is 54.6 Å². The van der Waals surface area contributed by atoms with Crippen molar-refractivity contribution in [3.63, 3.8) is 0 Å². The summed E-state index contributed by atoms with van der Waals surface area (Å²) in [5.41, 5.74) is 1.99. The molecule has 0 fully saturated rings. The summed E-state index contributed by atoms with van der Waals surface area (Å²) in [4.78, 5) is 11.0. The second-order valence-corrected chi connectivity index (χ2v) is 7.37. The first-order valence-corrected chi connectivity index (χ1v) is 9.85. The Kier molecular flexibility index (Phi) is 7.27. The SMILES string of the molecule is Cc1nc(NCc2ccccc2OCCN(C)C)cc(Nc2ccc(Cl)cc2)n1. The number of nitrogens with one attached hydrogen (secondary N) is 2. The highest BCUT2D eigenvalue weighted by molar-refractivity contribution is 6.30. The molecule has 1 aromatic heterocycles. The van der Waals surface area contributed by atoms with E-state index >= 15 is 0 Å². The molecule has 0 amide bonds. The Bertz CT molecular complexity index is 931. The highest BCUT2D eigenvalue weighted by Gasteiger charge is 2.06. The van der Waals surface area contributed by atoms with E-state index in [0.29, 0.717) is 24.0 Å². The Hall–Kier alpha value is -2.83. The minimum absolute atomic E-state index is 0.606. The Balaban J connectivity index is 1.66. The molecule has 0 unspecified atom stereocenters. The van der Waals surface area contributed by atoms with E-state index in [-0.39, 0.29) is 0 Å². The van der Waals surface area contributed by atoms with Crippen LogP contribution >= 0.6 is 11.6 Å². The number of aromatic nitrogens is 2. The lowest BCUT2D eigenvalue weighted by Crippen LogP contribution is -2.19. The van der Waals surface area contributed by atoms with Gasteiger partial charge < -0.3 is 20.3 Å². The van der Waals surface area contributed by atoms with Gasteiger partial charge in [-0.1, -0.05) is 29.8 Å². The minimum Gasteiger partial charge on any atom is -0.492 e. The van der Waals surface area contributed by atoms with Crippen LogP contribution in [0, 0.1) is 6.92 Å². The zero-order valence-electron chi connectivity index (χ0n) is 16.9. The fourth-order valence-corrected chi connectivity index (χ4v) is 2.84. The number of likely N-dealkylation sites (N-methyl/N-ethyl adjacent to an activating group) is 1. The number of rotatable bonds is 9. The molecule has 152 valence electrons. The van der Waals surface area contributed by atoms with Gasteiger partial charge in [0.25, 0.3) is 0 Å². The predicted octanol–water partition coefficient (Wildman–Crippen LogP) is 4.73. The molecule has 3 rings (SSSR count). The van der Waals surface area contributed by atoms with Crippen LogP contribution in [-0.4, -0.2) is 42.1 Å². The molecule has 29 heavy (non-hydrogen) atoms. The number of ether oxygens (including phenoxy) is 1. The molecule has 0 aliphatic rings. The number of benzene rings is 2. The lowest BCUT2D eigenvalue weighted by molar-refractivity contribution is 0.259. The third kappa shape index (κ3) is 6.62. The van der Waals surface area contributed by atoms with Crippen molar-refractivity contribution < 1.29 is 4.74 Å². The zero-order chi connectivity index (χ0) is 20.6. The van der Waals surface area contributed by atoms with Gasteiger partial charge in [0.1, 0.15) is 29.8 Å². The molecule has 0 saturated carbocycles. The first kappa shape index (κ1) is 20.9. The van der Waals surface area contributed by atoms with Crippen LogP contribution in [-0.2, 0) is 6.54 Å². The first-order chi connectivity index (χ1) is 14.0. The van der Waals surface area contributed by atoms with Crippen molar-refractivity contribution in [3.05, 3.63) is 71.0 Å². The molecule has 2 aromatic carbocycles. The van der Waals surface area contributed by atoms with Gasteiger partial charge in [0.2, 0.25) is 0 Å². The zero-order valence-corrected chi connectivity index (χ0v) is 17.7. The summed E-state index contributed by atoms with van der Waals surface area (Å²) in [7, 11) is 4.06. The van der Waals surface area contributed by atoms with Crippen LogP contribution in [0.25, 0.3) is 0 Å². The minimum atomic E-state index is 0.606. The van der Waals surface area contributed by atoms with Crippen molar-refractivity contribution in [2.45, 2.75) is 13.5 Å². The summed E-state index contributed by atoms with van der Waals surface area (Å²) >= 11 is 5.95. The van der Waals surface area contributed by atoms with Crippen molar-refractivity contribution in [2.24, 2.45) is 0 Å². The van der Waals surface area contributed by atoms with Crippen LogP contribution in [0.4, 0.5) is 17.3 Å². The van der Waals surface area contributed by atoms with Gasteiger partial charge in [-0.2, -0.15) is 0 Å². The Morgan fingerprint density at radius 1 is 1.00 bits per heavy atom. The first-order valence-electron chi connectivity index (χ1n) is 9.47. The predicted molar refractivity (Wildman–Crippen MR) is 119 cm³/mol. The van der Waals surface area contributed by atoms with Crippen molar-refractivity contribution in [1.29, 1.82) is 0 Å². The summed E-state index contributed by atoms with van der Waals surface area (Å²) < 4.78 is 5.93.